The number of hydrogen-bond acceptors (Lipinski definition) is 3. The lowest BCUT2D eigenvalue weighted by Crippen LogP contribution is -2.34. The van der Waals surface area contributed by atoms with Crippen LogP contribution in [-0.4, -0.2) is 42.6 Å². The Kier molecular flexibility index (Phi) is 7.81. The SMILES string of the molecule is CCC(N)CCN(C)C(C)CSC. The number of rotatable bonds is 7. The first kappa shape index (κ1) is 13.3. The molecule has 0 rings (SSSR count). The van der Waals surface area contributed by atoms with Gasteiger partial charge in [-0.25, -0.2) is 0 Å². The maximum atomic E-state index is 5.86. The largest absolute Gasteiger partial charge is 0.328 e. The Hall–Kier alpha value is 0.270. The van der Waals surface area contributed by atoms with Gasteiger partial charge in [0, 0.05) is 17.8 Å². The second-order valence-corrected chi connectivity index (χ2v) is 4.65. The van der Waals surface area contributed by atoms with E-state index in [0.717, 1.165) is 19.4 Å². The van der Waals surface area contributed by atoms with Gasteiger partial charge in [-0.3, -0.25) is 0 Å². The molecule has 0 aliphatic rings. The van der Waals surface area contributed by atoms with Crippen molar-refractivity contribution in [2.24, 2.45) is 5.73 Å². The molecule has 0 aromatic carbocycles. The zero-order chi connectivity index (χ0) is 10.3. The van der Waals surface area contributed by atoms with Crippen molar-refractivity contribution < 1.29 is 0 Å². The summed E-state index contributed by atoms with van der Waals surface area (Å²) in [5.41, 5.74) is 5.86. The van der Waals surface area contributed by atoms with Crippen LogP contribution in [0.25, 0.3) is 0 Å². The Morgan fingerprint density at radius 2 is 2.08 bits per heavy atom. The van der Waals surface area contributed by atoms with Crippen LogP contribution in [0.1, 0.15) is 26.7 Å². The summed E-state index contributed by atoms with van der Waals surface area (Å²) < 4.78 is 0. The lowest BCUT2D eigenvalue weighted by atomic mass is 10.1. The van der Waals surface area contributed by atoms with Gasteiger partial charge in [0.25, 0.3) is 0 Å². The molecule has 0 radical (unpaired) electrons. The predicted molar refractivity (Wildman–Crippen MR) is 63.4 cm³/mol. The van der Waals surface area contributed by atoms with Crippen LogP contribution < -0.4 is 5.73 Å². The second-order valence-electron chi connectivity index (χ2n) is 3.74. The van der Waals surface area contributed by atoms with Crippen LogP contribution in [0.4, 0.5) is 0 Å². The van der Waals surface area contributed by atoms with Crippen molar-refractivity contribution in [3.63, 3.8) is 0 Å². The molecule has 0 fully saturated rings. The van der Waals surface area contributed by atoms with Crippen LogP contribution in [0.15, 0.2) is 0 Å². The van der Waals surface area contributed by atoms with Crippen LogP contribution in [0, 0.1) is 0 Å². The van der Waals surface area contributed by atoms with Gasteiger partial charge in [-0.05, 0) is 39.6 Å². The molecule has 0 saturated carbocycles. The van der Waals surface area contributed by atoms with Crippen molar-refractivity contribution >= 4 is 11.8 Å². The number of nitrogens with zero attached hydrogens (tertiary/aromatic N) is 1. The molecule has 0 amide bonds. The maximum absolute atomic E-state index is 5.86. The highest BCUT2D eigenvalue weighted by Crippen LogP contribution is 2.05. The van der Waals surface area contributed by atoms with Crippen molar-refractivity contribution in [2.75, 3.05) is 25.6 Å². The molecular weight excluding hydrogens is 180 g/mol. The predicted octanol–water partition coefficient (Wildman–Crippen LogP) is 1.80. The highest BCUT2D eigenvalue weighted by atomic mass is 32.2. The van der Waals surface area contributed by atoms with Gasteiger partial charge in [-0.1, -0.05) is 6.92 Å². The topological polar surface area (TPSA) is 29.3 Å². The van der Waals surface area contributed by atoms with E-state index in [1.165, 1.54) is 5.75 Å². The summed E-state index contributed by atoms with van der Waals surface area (Å²) in [4.78, 5) is 2.39. The van der Waals surface area contributed by atoms with E-state index in [9.17, 15) is 0 Å². The molecule has 3 heteroatoms. The molecule has 13 heavy (non-hydrogen) atoms. The van der Waals surface area contributed by atoms with E-state index in [1.807, 2.05) is 11.8 Å². The molecule has 2 atom stereocenters. The van der Waals surface area contributed by atoms with Gasteiger partial charge < -0.3 is 10.6 Å². The lowest BCUT2D eigenvalue weighted by molar-refractivity contribution is 0.265. The Bertz CT molecular complexity index is 119. The third kappa shape index (κ3) is 6.36. The van der Waals surface area contributed by atoms with E-state index < -0.39 is 0 Å². The molecule has 0 aliphatic heterocycles. The Labute approximate surface area is 87.2 Å². The third-order valence-electron chi connectivity index (χ3n) is 2.54. The molecule has 0 aliphatic carbocycles. The first-order valence-corrected chi connectivity index (χ1v) is 6.45. The van der Waals surface area contributed by atoms with Gasteiger partial charge >= 0.3 is 0 Å². The number of nitrogens with two attached hydrogens (primary N) is 1. The first-order valence-electron chi connectivity index (χ1n) is 5.06. The van der Waals surface area contributed by atoms with E-state index >= 15 is 0 Å². The van der Waals surface area contributed by atoms with Crippen molar-refractivity contribution in [1.29, 1.82) is 0 Å². The minimum Gasteiger partial charge on any atom is -0.328 e. The average molecular weight is 204 g/mol. The fraction of sp³-hybridized carbons (Fsp3) is 1.00. The lowest BCUT2D eigenvalue weighted by Gasteiger charge is -2.25. The molecule has 2 unspecified atom stereocenters. The molecule has 0 bridgehead atoms. The molecule has 0 aromatic rings. The zero-order valence-electron chi connectivity index (χ0n) is 9.42. The summed E-state index contributed by atoms with van der Waals surface area (Å²) in [7, 11) is 2.18. The normalized spacial score (nSPS) is 16.2. The summed E-state index contributed by atoms with van der Waals surface area (Å²) in [6.45, 7) is 5.54. The van der Waals surface area contributed by atoms with Crippen molar-refractivity contribution in [2.45, 2.75) is 38.8 Å². The molecule has 80 valence electrons. The molecular formula is C10H24N2S. The molecule has 0 spiro atoms. The van der Waals surface area contributed by atoms with Crippen LogP contribution in [-0.2, 0) is 0 Å². The van der Waals surface area contributed by atoms with Crippen LogP contribution in [0.2, 0.25) is 0 Å². The second kappa shape index (κ2) is 7.65. The molecule has 2 N–H and O–H groups in total. The average Bonchev–Trinajstić information content (AvgIpc) is 2.13. The Morgan fingerprint density at radius 3 is 2.54 bits per heavy atom. The Morgan fingerprint density at radius 1 is 1.46 bits per heavy atom. The highest BCUT2D eigenvalue weighted by molar-refractivity contribution is 7.98. The monoisotopic (exact) mass is 204 g/mol. The van der Waals surface area contributed by atoms with E-state index in [1.54, 1.807) is 0 Å². The smallest absolute Gasteiger partial charge is 0.0154 e. The van der Waals surface area contributed by atoms with Crippen molar-refractivity contribution in [3.8, 4) is 0 Å². The molecule has 0 heterocycles. The molecule has 0 saturated heterocycles. The van der Waals surface area contributed by atoms with E-state index in [4.69, 9.17) is 5.73 Å². The fourth-order valence-electron chi connectivity index (χ4n) is 1.16. The third-order valence-corrected chi connectivity index (χ3v) is 3.35. The summed E-state index contributed by atoms with van der Waals surface area (Å²) in [6, 6.07) is 1.04. The molecule has 2 nitrogen and oxygen atoms in total. The first-order chi connectivity index (χ1) is 6.11. The van der Waals surface area contributed by atoms with Crippen LogP contribution in [0.3, 0.4) is 0 Å². The van der Waals surface area contributed by atoms with Gasteiger partial charge in [-0.2, -0.15) is 11.8 Å². The minimum atomic E-state index is 0.379. The summed E-state index contributed by atoms with van der Waals surface area (Å²) in [6.07, 6.45) is 4.36. The summed E-state index contributed by atoms with van der Waals surface area (Å²) in [5, 5.41) is 0. The quantitative estimate of drug-likeness (QED) is 0.685. The highest BCUT2D eigenvalue weighted by Gasteiger charge is 2.09. The van der Waals surface area contributed by atoms with Gasteiger partial charge in [-0.15, -0.1) is 0 Å². The van der Waals surface area contributed by atoms with Gasteiger partial charge in [0.1, 0.15) is 0 Å². The number of hydrogen-bond donors (Lipinski definition) is 1. The summed E-state index contributed by atoms with van der Waals surface area (Å²) in [5.74, 6) is 1.21. The van der Waals surface area contributed by atoms with Crippen LogP contribution in [0.5, 0.6) is 0 Å². The van der Waals surface area contributed by atoms with Crippen molar-refractivity contribution in [3.05, 3.63) is 0 Å². The Balaban J connectivity index is 3.54. The standard InChI is InChI=1S/C10H24N2S/c1-5-10(11)6-7-12(3)9(2)8-13-4/h9-10H,5-8,11H2,1-4H3. The zero-order valence-corrected chi connectivity index (χ0v) is 10.2. The fourth-order valence-corrected chi connectivity index (χ4v) is 1.90. The van der Waals surface area contributed by atoms with Gasteiger partial charge in [0.15, 0.2) is 0 Å². The minimum absolute atomic E-state index is 0.379. The summed E-state index contributed by atoms with van der Waals surface area (Å²) >= 11 is 1.91. The number of thioether (sulfide) groups is 1. The maximum Gasteiger partial charge on any atom is 0.0154 e. The van der Waals surface area contributed by atoms with Gasteiger partial charge in [0.05, 0.1) is 0 Å². The van der Waals surface area contributed by atoms with Gasteiger partial charge in [0.2, 0.25) is 0 Å². The van der Waals surface area contributed by atoms with Crippen LogP contribution >= 0.6 is 11.8 Å². The van der Waals surface area contributed by atoms with E-state index in [2.05, 4.69) is 32.1 Å². The molecule has 0 aromatic heterocycles. The van der Waals surface area contributed by atoms with E-state index in [0.29, 0.717) is 12.1 Å². The van der Waals surface area contributed by atoms with E-state index in [-0.39, 0.29) is 0 Å². The van der Waals surface area contributed by atoms with Crippen molar-refractivity contribution in [1.82, 2.24) is 4.90 Å².